The van der Waals surface area contributed by atoms with E-state index in [1.54, 1.807) is 0 Å². The van der Waals surface area contributed by atoms with Crippen LogP contribution in [0.4, 0.5) is 0 Å². The van der Waals surface area contributed by atoms with E-state index in [-0.39, 0.29) is 0 Å². The maximum Gasteiger partial charge on any atom is 0.222 e. The summed E-state index contributed by atoms with van der Waals surface area (Å²) in [5, 5.41) is 3.78. The van der Waals surface area contributed by atoms with Crippen LogP contribution in [0.5, 0.6) is 0 Å². The quantitative estimate of drug-likeness (QED) is 0.836. The molecule has 1 saturated carbocycles. The maximum atomic E-state index is 11.6. The highest BCUT2D eigenvalue weighted by atomic mass is 16.2. The van der Waals surface area contributed by atoms with Gasteiger partial charge < -0.3 is 10.2 Å². The number of carbonyl (C=O) groups is 1. The molecule has 1 amide bonds. The van der Waals surface area contributed by atoms with E-state index in [0.29, 0.717) is 24.4 Å². The first-order chi connectivity index (χ1) is 8.60. The minimum Gasteiger partial charge on any atom is -0.341 e. The summed E-state index contributed by atoms with van der Waals surface area (Å²) in [5.74, 6) is 2.03. The molecule has 1 aliphatic carbocycles. The van der Waals surface area contributed by atoms with Crippen LogP contribution < -0.4 is 5.32 Å². The van der Waals surface area contributed by atoms with Gasteiger partial charge in [-0.15, -0.1) is 0 Å². The maximum absolute atomic E-state index is 11.6. The first-order valence-electron chi connectivity index (χ1n) is 7.64. The van der Waals surface area contributed by atoms with Crippen LogP contribution in [0.2, 0.25) is 0 Å². The second kappa shape index (κ2) is 6.05. The summed E-state index contributed by atoms with van der Waals surface area (Å²) in [7, 11) is 0. The van der Waals surface area contributed by atoms with Crippen LogP contribution in [0.1, 0.15) is 52.9 Å². The zero-order valence-electron chi connectivity index (χ0n) is 12.1. The first kappa shape index (κ1) is 13.9. The van der Waals surface area contributed by atoms with E-state index in [9.17, 15) is 4.79 Å². The van der Waals surface area contributed by atoms with Crippen molar-refractivity contribution in [3.8, 4) is 0 Å². The fourth-order valence-corrected chi connectivity index (χ4v) is 3.38. The van der Waals surface area contributed by atoms with Gasteiger partial charge in [0, 0.05) is 31.6 Å². The first-order valence-corrected chi connectivity index (χ1v) is 7.64. The summed E-state index contributed by atoms with van der Waals surface area (Å²) in [6.45, 7) is 8.57. The number of amides is 1. The molecule has 104 valence electrons. The molecule has 0 radical (unpaired) electrons. The molecule has 0 aromatic carbocycles. The molecule has 1 N–H and O–H groups in total. The molecule has 2 aliphatic rings. The number of nitrogens with one attached hydrogen (secondary N) is 1. The topological polar surface area (TPSA) is 32.3 Å². The Bertz CT molecular complexity index is 292. The lowest BCUT2D eigenvalue weighted by Gasteiger charge is -2.34. The molecule has 0 aromatic heterocycles. The van der Waals surface area contributed by atoms with Crippen molar-refractivity contribution >= 4 is 5.91 Å². The van der Waals surface area contributed by atoms with Crippen molar-refractivity contribution in [3.63, 3.8) is 0 Å². The SMILES string of the molecule is CCC(=O)N1CC[C@H](N[C@@H]2CC[C@@H](C)[C@H](C)C2)C1. The lowest BCUT2D eigenvalue weighted by Crippen LogP contribution is -2.44. The average molecular weight is 252 g/mol. The van der Waals surface area contributed by atoms with Gasteiger partial charge in [-0.25, -0.2) is 0 Å². The second-order valence-electron chi connectivity index (χ2n) is 6.31. The summed E-state index contributed by atoms with van der Waals surface area (Å²) in [6, 6.07) is 1.21. The zero-order chi connectivity index (χ0) is 13.1. The Labute approximate surface area is 111 Å². The molecule has 3 nitrogen and oxygen atoms in total. The van der Waals surface area contributed by atoms with Crippen molar-refractivity contribution in [2.45, 2.75) is 65.0 Å². The molecule has 3 heteroatoms. The molecule has 1 saturated heterocycles. The molecule has 0 bridgehead atoms. The summed E-state index contributed by atoms with van der Waals surface area (Å²) in [4.78, 5) is 13.7. The Hall–Kier alpha value is -0.570. The van der Waals surface area contributed by atoms with Gasteiger partial charge in [0.05, 0.1) is 0 Å². The van der Waals surface area contributed by atoms with Gasteiger partial charge in [-0.1, -0.05) is 20.8 Å². The van der Waals surface area contributed by atoms with E-state index < -0.39 is 0 Å². The van der Waals surface area contributed by atoms with Crippen molar-refractivity contribution in [3.05, 3.63) is 0 Å². The molecule has 0 unspecified atom stereocenters. The Kier molecular flexibility index (Phi) is 4.66. The minimum atomic E-state index is 0.310. The zero-order valence-corrected chi connectivity index (χ0v) is 12.1. The van der Waals surface area contributed by atoms with Crippen LogP contribution in [-0.2, 0) is 4.79 Å². The highest BCUT2D eigenvalue weighted by molar-refractivity contribution is 5.76. The molecule has 18 heavy (non-hydrogen) atoms. The van der Waals surface area contributed by atoms with Gasteiger partial charge in [0.15, 0.2) is 0 Å². The Morgan fingerprint density at radius 2 is 1.94 bits per heavy atom. The van der Waals surface area contributed by atoms with Gasteiger partial charge in [-0.2, -0.15) is 0 Å². The van der Waals surface area contributed by atoms with Crippen LogP contribution in [0.3, 0.4) is 0 Å². The van der Waals surface area contributed by atoms with E-state index >= 15 is 0 Å². The van der Waals surface area contributed by atoms with Gasteiger partial charge >= 0.3 is 0 Å². The number of rotatable bonds is 3. The third-order valence-electron chi connectivity index (χ3n) is 4.91. The second-order valence-corrected chi connectivity index (χ2v) is 6.31. The van der Waals surface area contributed by atoms with Gasteiger partial charge in [0.25, 0.3) is 0 Å². The Balaban J connectivity index is 1.76. The fourth-order valence-electron chi connectivity index (χ4n) is 3.38. The van der Waals surface area contributed by atoms with Gasteiger partial charge in [-0.3, -0.25) is 4.79 Å². The van der Waals surface area contributed by atoms with Crippen molar-refractivity contribution in [1.29, 1.82) is 0 Å². The third-order valence-corrected chi connectivity index (χ3v) is 4.91. The number of carbonyl (C=O) groups excluding carboxylic acids is 1. The predicted molar refractivity (Wildman–Crippen MR) is 74.4 cm³/mol. The summed E-state index contributed by atoms with van der Waals surface area (Å²) >= 11 is 0. The summed E-state index contributed by atoms with van der Waals surface area (Å²) in [5.41, 5.74) is 0. The largest absolute Gasteiger partial charge is 0.341 e. The molecular weight excluding hydrogens is 224 g/mol. The van der Waals surface area contributed by atoms with E-state index in [2.05, 4.69) is 19.2 Å². The van der Waals surface area contributed by atoms with Crippen LogP contribution >= 0.6 is 0 Å². The summed E-state index contributed by atoms with van der Waals surface area (Å²) in [6.07, 6.45) is 5.74. The van der Waals surface area contributed by atoms with Crippen LogP contribution in [-0.4, -0.2) is 36.0 Å². The molecule has 0 spiro atoms. The number of likely N-dealkylation sites (tertiary alicyclic amines) is 1. The fraction of sp³-hybridized carbons (Fsp3) is 0.933. The van der Waals surface area contributed by atoms with E-state index in [0.717, 1.165) is 31.3 Å². The smallest absolute Gasteiger partial charge is 0.222 e. The van der Waals surface area contributed by atoms with Gasteiger partial charge in [-0.05, 0) is 37.5 Å². The van der Waals surface area contributed by atoms with E-state index in [1.165, 1.54) is 19.3 Å². The molecular formula is C15H28N2O. The Morgan fingerprint density at radius 1 is 1.17 bits per heavy atom. The number of hydrogen-bond acceptors (Lipinski definition) is 2. The lowest BCUT2D eigenvalue weighted by molar-refractivity contribution is -0.129. The van der Waals surface area contributed by atoms with Gasteiger partial charge in [0.1, 0.15) is 0 Å². The molecule has 1 aliphatic heterocycles. The van der Waals surface area contributed by atoms with Crippen molar-refractivity contribution < 1.29 is 4.79 Å². The summed E-state index contributed by atoms with van der Waals surface area (Å²) < 4.78 is 0. The molecule has 0 aromatic rings. The average Bonchev–Trinajstić information content (AvgIpc) is 2.81. The molecule has 1 heterocycles. The minimum absolute atomic E-state index is 0.310. The highest BCUT2D eigenvalue weighted by Crippen LogP contribution is 2.30. The van der Waals surface area contributed by atoms with Crippen molar-refractivity contribution in [1.82, 2.24) is 10.2 Å². The van der Waals surface area contributed by atoms with E-state index in [1.807, 2.05) is 11.8 Å². The van der Waals surface area contributed by atoms with E-state index in [4.69, 9.17) is 0 Å². The number of hydrogen-bond donors (Lipinski definition) is 1. The Morgan fingerprint density at radius 3 is 2.61 bits per heavy atom. The predicted octanol–water partition coefficient (Wildman–Crippen LogP) is 2.41. The van der Waals surface area contributed by atoms with Crippen LogP contribution in [0.25, 0.3) is 0 Å². The van der Waals surface area contributed by atoms with Crippen molar-refractivity contribution in [2.24, 2.45) is 11.8 Å². The van der Waals surface area contributed by atoms with Crippen LogP contribution in [0.15, 0.2) is 0 Å². The normalized spacial score (nSPS) is 36.9. The standard InChI is InChI=1S/C15H28N2O/c1-4-15(18)17-8-7-14(10-17)16-13-6-5-11(2)12(3)9-13/h11-14,16H,4-10H2,1-3H3/t11-,12-,13-,14+/m1/s1. The number of nitrogens with zero attached hydrogens (tertiary/aromatic N) is 1. The van der Waals surface area contributed by atoms with Gasteiger partial charge in [0.2, 0.25) is 5.91 Å². The molecule has 4 atom stereocenters. The monoisotopic (exact) mass is 252 g/mol. The van der Waals surface area contributed by atoms with Crippen molar-refractivity contribution in [2.75, 3.05) is 13.1 Å². The van der Waals surface area contributed by atoms with Crippen LogP contribution in [0, 0.1) is 11.8 Å². The molecule has 2 fully saturated rings. The third kappa shape index (κ3) is 3.25. The lowest BCUT2D eigenvalue weighted by atomic mass is 9.79. The highest BCUT2D eigenvalue weighted by Gasteiger charge is 2.30. The molecule has 2 rings (SSSR count).